The number of hydrogen-bond acceptors (Lipinski definition) is 3. The molecule has 0 radical (unpaired) electrons. The van der Waals surface area contributed by atoms with Crippen LogP contribution >= 0.6 is 0 Å². The molecule has 23 heavy (non-hydrogen) atoms. The largest absolute Gasteiger partial charge is 0.356 e. The highest BCUT2D eigenvalue weighted by molar-refractivity contribution is 5.81. The summed E-state index contributed by atoms with van der Waals surface area (Å²) < 4.78 is 1.82. The molecule has 0 bridgehead atoms. The third kappa shape index (κ3) is 4.97. The highest BCUT2D eigenvalue weighted by Gasteiger charge is 2.22. The maximum absolute atomic E-state index is 12.3. The molecule has 1 saturated heterocycles. The smallest absolute Gasteiger partial charge is 0.224 e. The van der Waals surface area contributed by atoms with E-state index in [9.17, 15) is 4.79 Å². The maximum Gasteiger partial charge on any atom is 0.224 e. The van der Waals surface area contributed by atoms with Gasteiger partial charge in [-0.2, -0.15) is 5.10 Å². The van der Waals surface area contributed by atoms with Gasteiger partial charge in [0.1, 0.15) is 0 Å². The van der Waals surface area contributed by atoms with Gasteiger partial charge < -0.3 is 15.5 Å². The lowest BCUT2D eigenvalue weighted by atomic mass is 10.0. The van der Waals surface area contributed by atoms with Gasteiger partial charge in [0.2, 0.25) is 5.91 Å². The van der Waals surface area contributed by atoms with Crippen LogP contribution in [0.5, 0.6) is 0 Å². The summed E-state index contributed by atoms with van der Waals surface area (Å²) in [5.74, 6) is 0.928. The summed E-state index contributed by atoms with van der Waals surface area (Å²) in [4.78, 5) is 18.5. The molecule has 2 rings (SSSR count). The number of rotatable bonds is 5. The fourth-order valence-corrected chi connectivity index (χ4v) is 2.87. The molecular formula is C16H28N6O. The monoisotopic (exact) mass is 320 g/mol. The lowest BCUT2D eigenvalue weighted by molar-refractivity contribution is -0.134. The first-order valence-corrected chi connectivity index (χ1v) is 8.32. The van der Waals surface area contributed by atoms with Gasteiger partial charge in [-0.1, -0.05) is 0 Å². The van der Waals surface area contributed by atoms with Crippen LogP contribution < -0.4 is 10.6 Å². The van der Waals surface area contributed by atoms with E-state index in [1.54, 1.807) is 13.2 Å². The van der Waals surface area contributed by atoms with Crippen molar-refractivity contribution < 1.29 is 4.79 Å². The Labute approximate surface area is 138 Å². The van der Waals surface area contributed by atoms with Gasteiger partial charge in [0, 0.05) is 45.8 Å². The van der Waals surface area contributed by atoms with Crippen molar-refractivity contribution in [1.29, 1.82) is 0 Å². The first-order chi connectivity index (χ1) is 11.1. The molecule has 7 heteroatoms. The van der Waals surface area contributed by atoms with E-state index in [1.807, 2.05) is 22.7 Å². The lowest BCUT2D eigenvalue weighted by Crippen LogP contribution is -2.44. The van der Waals surface area contributed by atoms with E-state index in [2.05, 4.69) is 27.6 Å². The molecule has 1 atom stereocenters. The highest BCUT2D eigenvalue weighted by atomic mass is 16.2. The van der Waals surface area contributed by atoms with Gasteiger partial charge in [0.15, 0.2) is 5.96 Å². The van der Waals surface area contributed by atoms with Gasteiger partial charge in [-0.25, -0.2) is 0 Å². The predicted molar refractivity (Wildman–Crippen MR) is 91.1 cm³/mol. The molecule has 1 fully saturated rings. The molecule has 0 aliphatic carbocycles. The minimum atomic E-state index is 0.229. The van der Waals surface area contributed by atoms with Gasteiger partial charge in [-0.05, 0) is 32.3 Å². The number of aliphatic imine (C=N–C) groups is 1. The molecule has 7 nitrogen and oxygen atoms in total. The third-order valence-electron chi connectivity index (χ3n) is 4.34. The summed E-state index contributed by atoms with van der Waals surface area (Å²) in [7, 11) is 3.64. The van der Waals surface area contributed by atoms with Crippen LogP contribution in [0.2, 0.25) is 0 Å². The average molecular weight is 320 g/mol. The quantitative estimate of drug-likeness (QED) is 0.624. The zero-order valence-corrected chi connectivity index (χ0v) is 14.4. The second-order valence-corrected chi connectivity index (χ2v) is 5.98. The Morgan fingerprint density at radius 2 is 2.26 bits per heavy atom. The molecule has 1 aromatic rings. The molecule has 2 N–H and O–H groups in total. The summed E-state index contributed by atoms with van der Waals surface area (Å²) >= 11 is 0. The minimum absolute atomic E-state index is 0.229. The van der Waals surface area contributed by atoms with Crippen LogP contribution in [0.25, 0.3) is 0 Å². The maximum atomic E-state index is 12.3. The van der Waals surface area contributed by atoms with Crippen LogP contribution in [0.3, 0.4) is 0 Å². The van der Waals surface area contributed by atoms with E-state index in [-0.39, 0.29) is 5.91 Å². The number of nitrogens with zero attached hydrogens (tertiary/aromatic N) is 4. The zero-order chi connectivity index (χ0) is 16.7. The highest BCUT2D eigenvalue weighted by Crippen LogP contribution is 2.16. The summed E-state index contributed by atoms with van der Waals surface area (Å²) in [6.45, 7) is 4.27. The number of piperidine rings is 1. The van der Waals surface area contributed by atoms with Crippen molar-refractivity contribution in [2.45, 2.75) is 45.2 Å². The molecule has 1 aliphatic heterocycles. The van der Waals surface area contributed by atoms with Crippen molar-refractivity contribution in [2.24, 2.45) is 12.0 Å². The Hall–Kier alpha value is -2.05. The number of aromatic nitrogens is 2. The zero-order valence-electron chi connectivity index (χ0n) is 14.4. The van der Waals surface area contributed by atoms with Crippen LogP contribution in [-0.2, 0) is 18.4 Å². The molecule has 128 valence electrons. The van der Waals surface area contributed by atoms with Crippen LogP contribution in [0.1, 0.15) is 38.3 Å². The van der Waals surface area contributed by atoms with Crippen molar-refractivity contribution in [3.63, 3.8) is 0 Å². The number of likely N-dealkylation sites (tertiary alicyclic amines) is 1. The number of hydrogen-bond donors (Lipinski definition) is 2. The van der Waals surface area contributed by atoms with Crippen molar-refractivity contribution in [1.82, 2.24) is 25.3 Å². The van der Waals surface area contributed by atoms with Gasteiger partial charge in [-0.15, -0.1) is 0 Å². The molecule has 0 aromatic carbocycles. The number of amides is 1. The molecule has 2 heterocycles. The van der Waals surface area contributed by atoms with Crippen LogP contribution in [0.15, 0.2) is 17.3 Å². The number of carbonyl (C=O) groups is 1. The number of guanidine groups is 1. The molecule has 1 unspecified atom stereocenters. The average Bonchev–Trinajstić information content (AvgIpc) is 2.96. The lowest BCUT2D eigenvalue weighted by Gasteiger charge is -2.33. The molecule has 1 amide bonds. The Balaban J connectivity index is 1.71. The van der Waals surface area contributed by atoms with Gasteiger partial charge in [-0.3, -0.25) is 14.5 Å². The van der Waals surface area contributed by atoms with Crippen LogP contribution in [0, 0.1) is 0 Å². The second-order valence-electron chi connectivity index (χ2n) is 5.98. The Morgan fingerprint density at radius 1 is 1.43 bits per heavy atom. The molecule has 0 spiro atoms. The number of carbonyl (C=O) groups excluding carboxylic acids is 1. The summed E-state index contributed by atoms with van der Waals surface area (Å²) in [5, 5.41) is 10.6. The van der Waals surface area contributed by atoms with Crippen molar-refractivity contribution >= 4 is 11.9 Å². The van der Waals surface area contributed by atoms with Crippen molar-refractivity contribution in [3.8, 4) is 0 Å². The van der Waals surface area contributed by atoms with Crippen LogP contribution in [0.4, 0.5) is 0 Å². The Kier molecular flexibility index (Phi) is 6.43. The fraction of sp³-hybridized carbons (Fsp3) is 0.688. The van der Waals surface area contributed by atoms with Gasteiger partial charge in [0.25, 0.3) is 0 Å². The van der Waals surface area contributed by atoms with E-state index in [4.69, 9.17) is 0 Å². The van der Waals surface area contributed by atoms with Gasteiger partial charge in [0.05, 0.1) is 12.2 Å². The molecular weight excluding hydrogens is 292 g/mol. The minimum Gasteiger partial charge on any atom is -0.356 e. The third-order valence-corrected chi connectivity index (χ3v) is 4.34. The Morgan fingerprint density at radius 3 is 2.91 bits per heavy atom. The first kappa shape index (κ1) is 17.3. The summed E-state index contributed by atoms with van der Waals surface area (Å²) in [6, 6.07) is 2.33. The second kappa shape index (κ2) is 8.55. The Bertz CT molecular complexity index is 538. The number of nitrogens with one attached hydrogen (secondary N) is 2. The first-order valence-electron chi connectivity index (χ1n) is 8.32. The van der Waals surface area contributed by atoms with E-state index >= 15 is 0 Å². The fourth-order valence-electron chi connectivity index (χ4n) is 2.87. The van der Waals surface area contributed by atoms with Crippen LogP contribution in [-0.4, -0.2) is 52.7 Å². The SMILES string of the molecule is CN=C(NCCC(=O)N1CCCCC1C)NCc1ccnn1C. The predicted octanol–water partition coefficient (Wildman–Crippen LogP) is 0.876. The van der Waals surface area contributed by atoms with E-state index in [1.165, 1.54) is 6.42 Å². The van der Waals surface area contributed by atoms with Gasteiger partial charge >= 0.3 is 0 Å². The summed E-state index contributed by atoms with van der Waals surface area (Å²) in [6.07, 6.45) is 5.74. The van der Waals surface area contributed by atoms with Crippen molar-refractivity contribution in [3.05, 3.63) is 18.0 Å². The standard InChI is InChI=1S/C16H28N6O/c1-13-6-4-5-11-22(13)15(23)8-9-18-16(17-2)19-12-14-7-10-20-21(14)3/h7,10,13H,4-6,8-9,11-12H2,1-3H3,(H2,17,18,19). The molecule has 1 aliphatic rings. The van der Waals surface area contributed by atoms with E-state index in [0.29, 0.717) is 31.5 Å². The topological polar surface area (TPSA) is 74.6 Å². The normalized spacial score (nSPS) is 18.8. The molecule has 0 saturated carbocycles. The van der Waals surface area contributed by atoms with E-state index in [0.717, 1.165) is 25.1 Å². The summed E-state index contributed by atoms with van der Waals surface area (Å²) in [5.41, 5.74) is 1.08. The van der Waals surface area contributed by atoms with E-state index < -0.39 is 0 Å². The van der Waals surface area contributed by atoms with Crippen molar-refractivity contribution in [2.75, 3.05) is 20.1 Å². The number of aryl methyl sites for hydroxylation is 1. The molecule has 1 aromatic heterocycles.